The summed E-state index contributed by atoms with van der Waals surface area (Å²) in [6, 6.07) is 8.60. The predicted molar refractivity (Wildman–Crippen MR) is 80.1 cm³/mol. The predicted octanol–water partition coefficient (Wildman–Crippen LogP) is 3.19. The monoisotopic (exact) mass is 295 g/mol. The molecule has 2 aliphatic rings. The fourth-order valence-electron chi connectivity index (χ4n) is 2.91. The van der Waals surface area contributed by atoms with Crippen molar-refractivity contribution in [2.45, 2.75) is 30.9 Å². The van der Waals surface area contributed by atoms with Crippen molar-refractivity contribution in [1.29, 1.82) is 0 Å². The Morgan fingerprint density at radius 2 is 2.15 bits per heavy atom. The summed E-state index contributed by atoms with van der Waals surface area (Å²) >= 11 is 5.98. The van der Waals surface area contributed by atoms with Crippen molar-refractivity contribution in [3.8, 4) is 0 Å². The second-order valence-corrected chi connectivity index (χ2v) is 6.37. The van der Waals surface area contributed by atoms with Crippen LogP contribution in [0.5, 0.6) is 0 Å². The molecule has 3 rings (SSSR count). The Morgan fingerprint density at radius 3 is 2.70 bits per heavy atom. The van der Waals surface area contributed by atoms with Crippen molar-refractivity contribution in [2.75, 3.05) is 26.9 Å². The van der Waals surface area contributed by atoms with E-state index in [2.05, 4.69) is 17.4 Å². The molecule has 1 heterocycles. The van der Waals surface area contributed by atoms with Crippen molar-refractivity contribution >= 4 is 11.6 Å². The van der Waals surface area contributed by atoms with Crippen molar-refractivity contribution in [3.63, 3.8) is 0 Å². The molecule has 4 heteroatoms. The summed E-state index contributed by atoms with van der Waals surface area (Å²) in [5.41, 5.74) is 1.17. The summed E-state index contributed by atoms with van der Waals surface area (Å²) in [6.07, 6.45) is 3.57. The average molecular weight is 296 g/mol. The molecule has 3 nitrogen and oxygen atoms in total. The van der Waals surface area contributed by atoms with E-state index in [0.29, 0.717) is 12.6 Å². The molecule has 20 heavy (non-hydrogen) atoms. The highest BCUT2D eigenvalue weighted by molar-refractivity contribution is 6.30. The van der Waals surface area contributed by atoms with Crippen LogP contribution in [0.2, 0.25) is 5.02 Å². The van der Waals surface area contributed by atoms with Gasteiger partial charge in [-0.1, -0.05) is 23.7 Å². The number of hydrogen-bond acceptors (Lipinski definition) is 3. The molecule has 2 atom stereocenters. The van der Waals surface area contributed by atoms with E-state index < -0.39 is 0 Å². The number of methoxy groups -OCH3 is 1. The van der Waals surface area contributed by atoms with Crippen LogP contribution in [-0.2, 0) is 9.47 Å². The van der Waals surface area contributed by atoms with E-state index in [1.807, 2.05) is 12.1 Å². The molecule has 2 unspecified atom stereocenters. The third kappa shape index (κ3) is 3.17. The van der Waals surface area contributed by atoms with Gasteiger partial charge in [-0.05, 0) is 36.5 Å². The van der Waals surface area contributed by atoms with Crippen LogP contribution in [-0.4, -0.2) is 32.5 Å². The number of rotatable bonds is 6. The van der Waals surface area contributed by atoms with Crippen LogP contribution < -0.4 is 5.32 Å². The molecule has 0 bridgehead atoms. The fourth-order valence-corrected chi connectivity index (χ4v) is 3.04. The van der Waals surface area contributed by atoms with Crippen LogP contribution >= 0.6 is 11.6 Å². The first-order chi connectivity index (χ1) is 9.72. The van der Waals surface area contributed by atoms with Gasteiger partial charge in [-0.15, -0.1) is 0 Å². The number of ether oxygens (including phenoxy) is 2. The van der Waals surface area contributed by atoms with Crippen LogP contribution in [0, 0.1) is 5.92 Å². The highest BCUT2D eigenvalue weighted by Crippen LogP contribution is 2.41. The molecule has 1 aliphatic carbocycles. The first-order valence-electron chi connectivity index (χ1n) is 7.34. The standard InChI is InChI=1S/C16H22ClNO2/c1-19-16(8-9-20-11-16)10-18-15(12-2-3-12)13-4-6-14(17)7-5-13/h4-7,12,15,18H,2-3,8-11H2,1H3. The van der Waals surface area contributed by atoms with Gasteiger partial charge in [0.05, 0.1) is 6.61 Å². The van der Waals surface area contributed by atoms with Gasteiger partial charge in [0.25, 0.3) is 0 Å². The summed E-state index contributed by atoms with van der Waals surface area (Å²) in [6.45, 7) is 2.33. The summed E-state index contributed by atoms with van der Waals surface area (Å²) in [5.74, 6) is 0.743. The van der Waals surface area contributed by atoms with E-state index in [-0.39, 0.29) is 5.60 Å². The molecular weight excluding hydrogens is 274 g/mol. The van der Waals surface area contributed by atoms with Gasteiger partial charge in [0.2, 0.25) is 0 Å². The van der Waals surface area contributed by atoms with Crippen LogP contribution in [0.25, 0.3) is 0 Å². The first kappa shape index (κ1) is 14.3. The zero-order valence-corrected chi connectivity index (χ0v) is 12.7. The average Bonchev–Trinajstić information content (AvgIpc) is 3.19. The Hall–Kier alpha value is -0.610. The minimum absolute atomic E-state index is 0.153. The lowest BCUT2D eigenvalue weighted by Crippen LogP contribution is -2.44. The maximum Gasteiger partial charge on any atom is 0.106 e. The molecule has 1 aromatic rings. The summed E-state index contributed by atoms with van der Waals surface area (Å²) < 4.78 is 11.2. The molecule has 2 fully saturated rings. The first-order valence-corrected chi connectivity index (χ1v) is 7.72. The van der Waals surface area contributed by atoms with Crippen molar-refractivity contribution in [1.82, 2.24) is 5.32 Å². The topological polar surface area (TPSA) is 30.5 Å². The maximum atomic E-state index is 5.98. The van der Waals surface area contributed by atoms with Crippen LogP contribution in [0.4, 0.5) is 0 Å². The lowest BCUT2D eigenvalue weighted by atomic mass is 9.99. The molecule has 1 saturated carbocycles. The number of nitrogens with one attached hydrogen (secondary N) is 1. The smallest absolute Gasteiger partial charge is 0.106 e. The van der Waals surface area contributed by atoms with Gasteiger partial charge in [-0.25, -0.2) is 0 Å². The minimum Gasteiger partial charge on any atom is -0.378 e. The van der Waals surface area contributed by atoms with E-state index in [1.165, 1.54) is 18.4 Å². The van der Waals surface area contributed by atoms with Gasteiger partial charge in [0.1, 0.15) is 5.60 Å². The van der Waals surface area contributed by atoms with E-state index in [9.17, 15) is 0 Å². The van der Waals surface area contributed by atoms with Crippen molar-refractivity contribution in [3.05, 3.63) is 34.9 Å². The van der Waals surface area contributed by atoms with Gasteiger partial charge in [0.15, 0.2) is 0 Å². The van der Waals surface area contributed by atoms with E-state index in [1.54, 1.807) is 7.11 Å². The zero-order valence-electron chi connectivity index (χ0n) is 11.9. The van der Waals surface area contributed by atoms with Crippen LogP contribution in [0.3, 0.4) is 0 Å². The van der Waals surface area contributed by atoms with Gasteiger partial charge < -0.3 is 14.8 Å². The molecule has 1 N–H and O–H groups in total. The molecule has 0 amide bonds. The van der Waals surface area contributed by atoms with E-state index >= 15 is 0 Å². The van der Waals surface area contributed by atoms with Gasteiger partial charge in [-0.3, -0.25) is 0 Å². The van der Waals surface area contributed by atoms with Crippen LogP contribution in [0.1, 0.15) is 30.9 Å². The zero-order chi connectivity index (χ0) is 14.0. The number of benzene rings is 1. The molecule has 110 valence electrons. The van der Waals surface area contributed by atoms with Gasteiger partial charge in [-0.2, -0.15) is 0 Å². The number of hydrogen-bond donors (Lipinski definition) is 1. The summed E-state index contributed by atoms with van der Waals surface area (Å²) in [5, 5.41) is 4.50. The Morgan fingerprint density at radius 1 is 1.40 bits per heavy atom. The molecule has 0 radical (unpaired) electrons. The summed E-state index contributed by atoms with van der Waals surface area (Å²) in [7, 11) is 1.78. The molecule has 1 aromatic carbocycles. The Bertz CT molecular complexity index is 438. The fraction of sp³-hybridized carbons (Fsp3) is 0.625. The lowest BCUT2D eigenvalue weighted by Gasteiger charge is -2.29. The molecule has 1 aliphatic heterocycles. The molecule has 1 saturated heterocycles. The quantitative estimate of drug-likeness (QED) is 0.874. The highest BCUT2D eigenvalue weighted by Gasteiger charge is 2.38. The minimum atomic E-state index is -0.153. The van der Waals surface area contributed by atoms with Crippen molar-refractivity contribution in [2.24, 2.45) is 5.92 Å². The molecular formula is C16H22ClNO2. The number of halogens is 1. The largest absolute Gasteiger partial charge is 0.378 e. The third-order valence-corrected chi connectivity index (χ3v) is 4.72. The second-order valence-electron chi connectivity index (χ2n) is 5.94. The van der Waals surface area contributed by atoms with Gasteiger partial charge >= 0.3 is 0 Å². The normalized spacial score (nSPS) is 27.7. The Kier molecular flexibility index (Phi) is 4.32. The van der Waals surface area contributed by atoms with Gasteiger partial charge in [0, 0.05) is 37.7 Å². The SMILES string of the molecule is COC1(CNC(c2ccc(Cl)cc2)C2CC2)CCOC1. The Balaban J connectivity index is 1.67. The Labute approximate surface area is 125 Å². The van der Waals surface area contributed by atoms with E-state index in [4.69, 9.17) is 21.1 Å². The summed E-state index contributed by atoms with van der Waals surface area (Å²) in [4.78, 5) is 0. The van der Waals surface area contributed by atoms with Crippen LogP contribution in [0.15, 0.2) is 24.3 Å². The highest BCUT2D eigenvalue weighted by atomic mass is 35.5. The van der Waals surface area contributed by atoms with E-state index in [0.717, 1.165) is 30.5 Å². The molecule has 0 spiro atoms. The second kappa shape index (κ2) is 6.02. The lowest BCUT2D eigenvalue weighted by molar-refractivity contribution is -0.0179. The maximum absolute atomic E-state index is 5.98. The molecule has 0 aromatic heterocycles. The van der Waals surface area contributed by atoms with Crippen molar-refractivity contribution < 1.29 is 9.47 Å². The third-order valence-electron chi connectivity index (χ3n) is 4.47.